The first kappa shape index (κ1) is 10.9. The molecule has 1 aliphatic rings. The van der Waals surface area contributed by atoms with Crippen molar-refractivity contribution < 1.29 is 13.9 Å². The maximum atomic E-state index is 13.1. The molecule has 0 bridgehead atoms. The van der Waals surface area contributed by atoms with Gasteiger partial charge in [0.1, 0.15) is 12.5 Å². The first-order chi connectivity index (χ1) is 8.69. The fourth-order valence-electron chi connectivity index (χ4n) is 1.95. The smallest absolute Gasteiger partial charge is 0.231 e. The van der Waals surface area contributed by atoms with Crippen LogP contribution in [-0.2, 0) is 13.7 Å². The van der Waals surface area contributed by atoms with Crippen LogP contribution in [0.25, 0.3) is 11.3 Å². The van der Waals surface area contributed by atoms with E-state index in [-0.39, 0.29) is 6.79 Å². The van der Waals surface area contributed by atoms with Crippen molar-refractivity contribution in [2.45, 2.75) is 6.67 Å². The average molecular weight is 249 g/mol. The van der Waals surface area contributed by atoms with E-state index in [0.29, 0.717) is 34.1 Å². The molecule has 3 rings (SSSR count). The average Bonchev–Trinajstić information content (AvgIpc) is 2.94. The predicted molar refractivity (Wildman–Crippen MR) is 64.0 cm³/mol. The van der Waals surface area contributed by atoms with Crippen LogP contribution in [0.1, 0.15) is 5.56 Å². The van der Waals surface area contributed by atoms with E-state index in [1.165, 1.54) is 0 Å². The van der Waals surface area contributed by atoms with Gasteiger partial charge in [-0.3, -0.25) is 4.68 Å². The number of nitrogen functional groups attached to an aromatic ring is 1. The fourth-order valence-corrected chi connectivity index (χ4v) is 1.95. The molecule has 1 aromatic carbocycles. The summed E-state index contributed by atoms with van der Waals surface area (Å²) in [5.74, 6) is 1.69. The number of aryl methyl sites for hydroxylation is 1. The van der Waals surface area contributed by atoms with Gasteiger partial charge in [0.25, 0.3) is 0 Å². The van der Waals surface area contributed by atoms with Gasteiger partial charge >= 0.3 is 0 Å². The van der Waals surface area contributed by atoms with Crippen LogP contribution in [0.15, 0.2) is 18.2 Å². The quantitative estimate of drug-likeness (QED) is 0.882. The number of hydrogen-bond donors (Lipinski definition) is 1. The molecule has 2 N–H and O–H groups in total. The van der Waals surface area contributed by atoms with Crippen molar-refractivity contribution in [1.29, 1.82) is 0 Å². The molecule has 1 aliphatic heterocycles. The number of benzene rings is 1. The monoisotopic (exact) mass is 249 g/mol. The molecule has 2 aromatic rings. The summed E-state index contributed by atoms with van der Waals surface area (Å²) in [4.78, 5) is 0. The zero-order valence-electron chi connectivity index (χ0n) is 9.81. The molecule has 0 amide bonds. The minimum Gasteiger partial charge on any atom is -0.454 e. The standard InChI is InChI=1S/C12H12FN3O2/c1-16-12(14)4-9(15-16)8-3-11-10(17-6-18-11)2-7(8)5-13/h2-4H,5-6,14H2,1H3. The molecule has 5 nitrogen and oxygen atoms in total. The second-order valence-corrected chi connectivity index (χ2v) is 4.07. The van der Waals surface area contributed by atoms with Gasteiger partial charge in [-0.05, 0) is 17.7 Å². The summed E-state index contributed by atoms with van der Waals surface area (Å²) in [5.41, 5.74) is 7.55. The third-order valence-electron chi connectivity index (χ3n) is 2.93. The number of anilines is 1. The lowest BCUT2D eigenvalue weighted by Gasteiger charge is -2.05. The normalized spacial score (nSPS) is 13.0. The predicted octanol–water partition coefficient (Wildman–Crippen LogP) is 1.87. The Bertz CT molecular complexity index is 590. The Kier molecular flexibility index (Phi) is 2.36. The molecular formula is C12H12FN3O2. The third-order valence-corrected chi connectivity index (χ3v) is 2.93. The van der Waals surface area contributed by atoms with Crippen LogP contribution in [0.3, 0.4) is 0 Å². The summed E-state index contributed by atoms with van der Waals surface area (Å²) in [6, 6.07) is 5.08. The van der Waals surface area contributed by atoms with E-state index in [1.54, 1.807) is 29.9 Å². The molecule has 1 aromatic heterocycles. The van der Waals surface area contributed by atoms with Crippen LogP contribution >= 0.6 is 0 Å². The highest BCUT2D eigenvalue weighted by Crippen LogP contribution is 2.38. The van der Waals surface area contributed by atoms with Crippen molar-refractivity contribution in [2.24, 2.45) is 7.05 Å². The van der Waals surface area contributed by atoms with Gasteiger partial charge in [-0.25, -0.2) is 4.39 Å². The summed E-state index contributed by atoms with van der Waals surface area (Å²) in [6.07, 6.45) is 0. The van der Waals surface area contributed by atoms with Crippen molar-refractivity contribution in [1.82, 2.24) is 9.78 Å². The van der Waals surface area contributed by atoms with E-state index in [1.807, 2.05) is 0 Å². The van der Waals surface area contributed by atoms with Crippen LogP contribution in [-0.4, -0.2) is 16.6 Å². The summed E-state index contributed by atoms with van der Waals surface area (Å²) >= 11 is 0. The highest BCUT2D eigenvalue weighted by Gasteiger charge is 2.19. The van der Waals surface area contributed by atoms with Gasteiger partial charge in [0.2, 0.25) is 6.79 Å². The maximum absolute atomic E-state index is 13.1. The number of hydrogen-bond acceptors (Lipinski definition) is 4. The van der Waals surface area contributed by atoms with Gasteiger partial charge in [-0.2, -0.15) is 5.10 Å². The fraction of sp³-hybridized carbons (Fsp3) is 0.250. The van der Waals surface area contributed by atoms with Crippen molar-refractivity contribution >= 4 is 5.82 Å². The molecule has 2 heterocycles. The Morgan fingerprint density at radius 1 is 1.33 bits per heavy atom. The molecule has 0 aliphatic carbocycles. The first-order valence-electron chi connectivity index (χ1n) is 5.47. The summed E-state index contributed by atoms with van der Waals surface area (Å²) in [6.45, 7) is -0.433. The van der Waals surface area contributed by atoms with Gasteiger partial charge in [0.15, 0.2) is 11.5 Å². The Morgan fingerprint density at radius 2 is 2.06 bits per heavy atom. The van der Waals surface area contributed by atoms with E-state index in [0.717, 1.165) is 0 Å². The van der Waals surface area contributed by atoms with E-state index in [9.17, 15) is 4.39 Å². The molecule has 94 valence electrons. The number of nitrogens with zero attached hydrogens (tertiary/aromatic N) is 2. The number of halogens is 1. The van der Waals surface area contributed by atoms with Crippen LogP contribution in [0.4, 0.5) is 10.2 Å². The van der Waals surface area contributed by atoms with E-state index < -0.39 is 6.67 Å². The van der Waals surface area contributed by atoms with Crippen molar-refractivity contribution in [3.63, 3.8) is 0 Å². The Labute approximate surface area is 103 Å². The minimum atomic E-state index is -0.595. The lowest BCUT2D eigenvalue weighted by Crippen LogP contribution is -1.96. The summed E-state index contributed by atoms with van der Waals surface area (Å²) < 4.78 is 25.1. The number of fused-ring (bicyclic) bond motifs is 1. The topological polar surface area (TPSA) is 62.3 Å². The van der Waals surface area contributed by atoms with E-state index in [4.69, 9.17) is 15.2 Å². The molecular weight excluding hydrogens is 237 g/mol. The lowest BCUT2D eigenvalue weighted by molar-refractivity contribution is 0.174. The third kappa shape index (κ3) is 1.57. The van der Waals surface area contributed by atoms with Crippen molar-refractivity contribution in [3.05, 3.63) is 23.8 Å². The number of aromatic nitrogens is 2. The van der Waals surface area contributed by atoms with Gasteiger partial charge in [0, 0.05) is 18.7 Å². The number of nitrogens with two attached hydrogens (primary N) is 1. The molecule has 0 atom stereocenters. The van der Waals surface area contributed by atoms with Crippen LogP contribution in [0.5, 0.6) is 11.5 Å². The second-order valence-electron chi connectivity index (χ2n) is 4.07. The molecule has 0 saturated carbocycles. The Balaban J connectivity index is 2.16. The zero-order valence-corrected chi connectivity index (χ0v) is 9.81. The number of alkyl halides is 1. The van der Waals surface area contributed by atoms with Crippen molar-refractivity contribution in [2.75, 3.05) is 12.5 Å². The minimum absolute atomic E-state index is 0.162. The van der Waals surface area contributed by atoms with Gasteiger partial charge in [-0.15, -0.1) is 0 Å². The zero-order chi connectivity index (χ0) is 12.7. The molecule has 6 heteroatoms. The molecule has 18 heavy (non-hydrogen) atoms. The molecule has 0 unspecified atom stereocenters. The number of rotatable bonds is 2. The largest absolute Gasteiger partial charge is 0.454 e. The molecule has 0 spiro atoms. The highest BCUT2D eigenvalue weighted by molar-refractivity contribution is 5.70. The Morgan fingerprint density at radius 3 is 2.67 bits per heavy atom. The van der Waals surface area contributed by atoms with Gasteiger partial charge in [0.05, 0.1) is 5.69 Å². The van der Waals surface area contributed by atoms with E-state index >= 15 is 0 Å². The van der Waals surface area contributed by atoms with Gasteiger partial charge in [-0.1, -0.05) is 0 Å². The van der Waals surface area contributed by atoms with Gasteiger partial charge < -0.3 is 15.2 Å². The number of ether oxygens (including phenoxy) is 2. The van der Waals surface area contributed by atoms with Crippen molar-refractivity contribution in [3.8, 4) is 22.8 Å². The van der Waals surface area contributed by atoms with Crippen LogP contribution in [0.2, 0.25) is 0 Å². The Hall–Kier alpha value is -2.24. The molecule has 0 fully saturated rings. The summed E-state index contributed by atoms with van der Waals surface area (Å²) in [7, 11) is 1.74. The summed E-state index contributed by atoms with van der Waals surface area (Å²) in [5, 5.41) is 4.24. The lowest BCUT2D eigenvalue weighted by atomic mass is 10.0. The van der Waals surface area contributed by atoms with E-state index in [2.05, 4.69) is 5.10 Å². The molecule has 0 saturated heterocycles. The second kappa shape index (κ2) is 3.90. The maximum Gasteiger partial charge on any atom is 0.231 e. The van der Waals surface area contributed by atoms with Crippen LogP contribution < -0.4 is 15.2 Å². The first-order valence-corrected chi connectivity index (χ1v) is 5.47. The molecule has 0 radical (unpaired) electrons. The van der Waals surface area contributed by atoms with Crippen LogP contribution in [0, 0.1) is 0 Å². The highest BCUT2D eigenvalue weighted by atomic mass is 19.1. The SMILES string of the molecule is Cn1nc(-c2cc3c(cc2CF)OCO3)cc1N.